The predicted octanol–water partition coefficient (Wildman–Crippen LogP) is 2.71. The van der Waals surface area contributed by atoms with Crippen molar-refractivity contribution >= 4 is 0 Å². The SMILES string of the molecule is Cc1ccc2c(c1)C(F)(F)OC(F)O2. The number of hydrogen-bond donors (Lipinski definition) is 0. The standard InChI is InChI=1S/C9H7F3O2/c1-5-2-3-7-6(4-5)9(11,12)14-8(10)13-7/h2-4,8H,1H3. The minimum Gasteiger partial charge on any atom is -0.437 e. The van der Waals surface area contributed by atoms with E-state index in [-0.39, 0.29) is 5.75 Å². The number of benzene rings is 1. The predicted molar refractivity (Wildman–Crippen MR) is 41.7 cm³/mol. The molecule has 1 atom stereocenters. The van der Waals surface area contributed by atoms with Crippen LogP contribution >= 0.6 is 0 Å². The van der Waals surface area contributed by atoms with Gasteiger partial charge in [0.05, 0.1) is 5.56 Å². The van der Waals surface area contributed by atoms with Crippen molar-refractivity contribution in [2.24, 2.45) is 0 Å². The Morgan fingerprint density at radius 3 is 2.79 bits per heavy atom. The van der Waals surface area contributed by atoms with E-state index in [0.29, 0.717) is 5.56 Å². The van der Waals surface area contributed by atoms with Crippen molar-refractivity contribution in [2.75, 3.05) is 0 Å². The molecule has 0 bridgehead atoms. The van der Waals surface area contributed by atoms with Crippen LogP contribution in [0.3, 0.4) is 0 Å². The van der Waals surface area contributed by atoms with Crippen molar-refractivity contribution in [1.82, 2.24) is 0 Å². The van der Waals surface area contributed by atoms with E-state index in [1.807, 2.05) is 0 Å². The topological polar surface area (TPSA) is 18.5 Å². The largest absolute Gasteiger partial charge is 0.437 e. The molecule has 14 heavy (non-hydrogen) atoms. The van der Waals surface area contributed by atoms with E-state index in [1.54, 1.807) is 13.0 Å². The highest BCUT2D eigenvalue weighted by Crippen LogP contribution is 2.41. The molecule has 1 aromatic rings. The first-order valence-electron chi connectivity index (χ1n) is 3.96. The van der Waals surface area contributed by atoms with Crippen molar-refractivity contribution in [3.05, 3.63) is 29.3 Å². The number of fused-ring (bicyclic) bond motifs is 1. The van der Waals surface area contributed by atoms with Gasteiger partial charge in [-0.15, -0.1) is 0 Å². The van der Waals surface area contributed by atoms with E-state index in [9.17, 15) is 13.2 Å². The fourth-order valence-corrected chi connectivity index (χ4v) is 1.28. The third-order valence-electron chi connectivity index (χ3n) is 1.91. The van der Waals surface area contributed by atoms with E-state index in [0.717, 1.165) is 0 Å². The zero-order chi connectivity index (χ0) is 10.3. The maximum absolute atomic E-state index is 13.1. The maximum Gasteiger partial charge on any atom is 0.391 e. The minimum absolute atomic E-state index is 0.181. The number of alkyl halides is 3. The molecule has 1 unspecified atom stereocenters. The molecule has 1 aliphatic rings. The molecule has 1 aliphatic heterocycles. The summed E-state index contributed by atoms with van der Waals surface area (Å²) in [5, 5.41) is 0. The van der Waals surface area contributed by atoms with Crippen LogP contribution in [0.5, 0.6) is 5.75 Å². The van der Waals surface area contributed by atoms with Gasteiger partial charge in [0.1, 0.15) is 5.75 Å². The van der Waals surface area contributed by atoms with Gasteiger partial charge >= 0.3 is 12.7 Å². The van der Waals surface area contributed by atoms with Crippen LogP contribution in [0, 0.1) is 6.92 Å². The lowest BCUT2D eigenvalue weighted by Crippen LogP contribution is -2.32. The molecule has 1 aromatic carbocycles. The van der Waals surface area contributed by atoms with Gasteiger partial charge in [-0.05, 0) is 19.1 Å². The Balaban J connectivity index is 2.53. The van der Waals surface area contributed by atoms with Crippen molar-refractivity contribution in [1.29, 1.82) is 0 Å². The summed E-state index contributed by atoms with van der Waals surface area (Å²) >= 11 is 0. The van der Waals surface area contributed by atoms with Crippen LogP contribution in [0.25, 0.3) is 0 Å². The Bertz CT molecular complexity index is 365. The molecule has 76 valence electrons. The molecule has 0 saturated carbocycles. The average molecular weight is 204 g/mol. The molecule has 0 radical (unpaired) electrons. The van der Waals surface area contributed by atoms with E-state index in [1.165, 1.54) is 12.1 Å². The lowest BCUT2D eigenvalue weighted by molar-refractivity contribution is -0.355. The molecule has 0 saturated heterocycles. The second kappa shape index (κ2) is 2.88. The quantitative estimate of drug-likeness (QED) is 0.646. The highest BCUT2D eigenvalue weighted by molar-refractivity contribution is 5.39. The Labute approximate surface area is 78.2 Å². The molecule has 0 fully saturated rings. The highest BCUT2D eigenvalue weighted by Gasteiger charge is 2.44. The van der Waals surface area contributed by atoms with Crippen molar-refractivity contribution in [3.63, 3.8) is 0 Å². The molecule has 1 heterocycles. The molecule has 0 aliphatic carbocycles. The molecule has 0 N–H and O–H groups in total. The van der Waals surface area contributed by atoms with Crippen LogP contribution in [0.1, 0.15) is 11.1 Å². The zero-order valence-electron chi connectivity index (χ0n) is 7.26. The van der Waals surface area contributed by atoms with E-state index in [4.69, 9.17) is 0 Å². The molecule has 0 aromatic heterocycles. The molecule has 0 spiro atoms. The van der Waals surface area contributed by atoms with Crippen molar-refractivity contribution < 1.29 is 22.6 Å². The smallest absolute Gasteiger partial charge is 0.391 e. The second-order valence-electron chi connectivity index (χ2n) is 3.03. The Hall–Kier alpha value is -1.23. The Morgan fingerprint density at radius 2 is 2.07 bits per heavy atom. The number of halogens is 3. The highest BCUT2D eigenvalue weighted by atomic mass is 19.3. The first kappa shape index (κ1) is 9.33. The first-order chi connectivity index (χ1) is 6.49. The van der Waals surface area contributed by atoms with Crippen LogP contribution in [0.2, 0.25) is 0 Å². The number of rotatable bonds is 0. The van der Waals surface area contributed by atoms with Crippen LogP contribution < -0.4 is 4.74 Å². The van der Waals surface area contributed by atoms with Gasteiger partial charge in [0.15, 0.2) is 0 Å². The number of hydrogen-bond acceptors (Lipinski definition) is 2. The van der Waals surface area contributed by atoms with Gasteiger partial charge in [0.25, 0.3) is 0 Å². The summed E-state index contributed by atoms with van der Waals surface area (Å²) in [7, 11) is 0. The van der Waals surface area contributed by atoms with Crippen LogP contribution in [-0.2, 0) is 10.8 Å². The van der Waals surface area contributed by atoms with E-state index >= 15 is 0 Å². The summed E-state index contributed by atoms with van der Waals surface area (Å²) in [6.45, 7) is -0.766. The zero-order valence-corrected chi connectivity index (χ0v) is 7.26. The van der Waals surface area contributed by atoms with Gasteiger partial charge < -0.3 is 4.74 Å². The van der Waals surface area contributed by atoms with E-state index in [2.05, 4.69) is 9.47 Å². The Morgan fingerprint density at radius 1 is 1.36 bits per heavy atom. The van der Waals surface area contributed by atoms with Crippen LogP contribution in [0.15, 0.2) is 18.2 Å². The van der Waals surface area contributed by atoms with Crippen LogP contribution in [0.4, 0.5) is 13.2 Å². The number of ether oxygens (including phenoxy) is 2. The normalized spacial score (nSPS) is 23.9. The lowest BCUT2D eigenvalue weighted by atomic mass is 10.1. The molecular formula is C9H7F3O2. The van der Waals surface area contributed by atoms with Gasteiger partial charge in [-0.25, -0.2) is 4.74 Å². The van der Waals surface area contributed by atoms with E-state index < -0.39 is 18.2 Å². The fourth-order valence-electron chi connectivity index (χ4n) is 1.28. The summed E-state index contributed by atoms with van der Waals surface area (Å²) in [6.07, 6.45) is -3.63. The van der Waals surface area contributed by atoms with Gasteiger partial charge in [-0.1, -0.05) is 11.6 Å². The molecule has 0 amide bonds. The van der Waals surface area contributed by atoms with Gasteiger partial charge in [-0.2, -0.15) is 13.2 Å². The Kier molecular flexibility index (Phi) is 1.92. The maximum atomic E-state index is 13.1. The lowest BCUT2D eigenvalue weighted by Gasteiger charge is -2.27. The fraction of sp³-hybridized carbons (Fsp3) is 0.333. The third kappa shape index (κ3) is 1.43. The third-order valence-corrected chi connectivity index (χ3v) is 1.91. The summed E-state index contributed by atoms with van der Waals surface area (Å²) in [4.78, 5) is 0. The molecular weight excluding hydrogens is 197 g/mol. The van der Waals surface area contributed by atoms with Gasteiger partial charge in [-0.3, -0.25) is 0 Å². The first-order valence-corrected chi connectivity index (χ1v) is 3.96. The molecule has 2 rings (SSSR count). The molecule has 2 nitrogen and oxygen atoms in total. The summed E-state index contributed by atoms with van der Waals surface area (Å²) in [6, 6.07) is 4.07. The summed E-state index contributed by atoms with van der Waals surface area (Å²) in [5.74, 6) is -0.181. The second-order valence-corrected chi connectivity index (χ2v) is 3.03. The van der Waals surface area contributed by atoms with Crippen LogP contribution in [-0.4, -0.2) is 6.54 Å². The van der Waals surface area contributed by atoms with Crippen molar-refractivity contribution in [2.45, 2.75) is 19.6 Å². The van der Waals surface area contributed by atoms with Gasteiger partial charge in [0.2, 0.25) is 0 Å². The average Bonchev–Trinajstić information content (AvgIpc) is 2.05. The summed E-state index contributed by atoms with van der Waals surface area (Å²) in [5.41, 5.74) is 0.194. The van der Waals surface area contributed by atoms with Crippen molar-refractivity contribution in [3.8, 4) is 5.75 Å². The number of aryl methyl sites for hydroxylation is 1. The van der Waals surface area contributed by atoms with Gasteiger partial charge in [0, 0.05) is 0 Å². The molecule has 5 heteroatoms. The monoisotopic (exact) mass is 204 g/mol. The summed E-state index contributed by atoms with van der Waals surface area (Å²) < 4.78 is 46.9. The minimum atomic E-state index is -3.63.